The van der Waals surface area contributed by atoms with E-state index in [9.17, 15) is 4.48 Å². The molecule has 0 fully saturated rings. The highest BCUT2D eigenvalue weighted by molar-refractivity contribution is 5.13. The first-order valence-corrected chi connectivity index (χ1v) is 3.99. The van der Waals surface area contributed by atoms with Crippen molar-refractivity contribution >= 4 is 0 Å². The van der Waals surface area contributed by atoms with Gasteiger partial charge < -0.3 is 10.2 Å². The molecule has 1 aromatic rings. The minimum absolute atomic E-state index is 0.0679. The lowest BCUT2D eigenvalue weighted by atomic mass is 10.2. The van der Waals surface area contributed by atoms with E-state index >= 15 is 0 Å². The molecule has 72 valence electrons. The van der Waals surface area contributed by atoms with Gasteiger partial charge in [-0.25, -0.2) is 0 Å². The van der Waals surface area contributed by atoms with Gasteiger partial charge in [-0.2, -0.15) is 0 Å². The van der Waals surface area contributed by atoms with Crippen LogP contribution in [0.2, 0.25) is 0 Å². The summed E-state index contributed by atoms with van der Waals surface area (Å²) in [5.74, 6) is 0. The van der Waals surface area contributed by atoms with Crippen LogP contribution in [-0.2, 0) is 6.54 Å². The van der Waals surface area contributed by atoms with E-state index in [1.807, 2.05) is 6.07 Å². The molecule has 1 rings (SSSR count). The van der Waals surface area contributed by atoms with Crippen LogP contribution in [0.3, 0.4) is 0 Å². The Balaban J connectivity index is 2.41. The number of aliphatic hydroxyl groups excluding tert-OH is 1. The molecule has 2 N–H and O–H groups in total. The van der Waals surface area contributed by atoms with E-state index in [2.05, 4.69) is 0 Å². The second-order valence-corrected chi connectivity index (χ2v) is 2.77. The summed E-state index contributed by atoms with van der Waals surface area (Å²) in [7, 11) is 0. The van der Waals surface area contributed by atoms with Crippen molar-refractivity contribution in [1.29, 1.82) is 0 Å². The largest absolute Gasteiger partial charge is 0.367 e. The van der Waals surface area contributed by atoms with Gasteiger partial charge in [-0.1, -0.05) is 30.3 Å². The average molecular weight is 185 g/mol. The molecule has 0 aliphatic carbocycles. The Morgan fingerprint density at radius 3 is 2.38 bits per heavy atom. The standard InChI is InChI=1S/C9H12FNO2/c10-11(7-9(12)13)6-8-4-2-1-3-5-8/h1-5,9,12-13H,6-7H2. The summed E-state index contributed by atoms with van der Waals surface area (Å²) in [6.45, 7) is -0.326. The maximum Gasteiger partial charge on any atom is 0.167 e. The molecule has 0 aliphatic rings. The fourth-order valence-corrected chi connectivity index (χ4v) is 1.02. The first kappa shape index (κ1) is 10.1. The second kappa shape index (κ2) is 4.91. The van der Waals surface area contributed by atoms with Crippen molar-refractivity contribution in [1.82, 2.24) is 5.12 Å². The molecule has 13 heavy (non-hydrogen) atoms. The van der Waals surface area contributed by atoms with Crippen molar-refractivity contribution in [3.63, 3.8) is 0 Å². The predicted octanol–water partition coefficient (Wildman–Crippen LogP) is 0.684. The minimum atomic E-state index is -1.63. The number of halogens is 1. The van der Waals surface area contributed by atoms with Crippen molar-refractivity contribution < 1.29 is 14.7 Å². The van der Waals surface area contributed by atoms with Gasteiger partial charge >= 0.3 is 0 Å². The Hall–Kier alpha value is -0.970. The molecule has 3 nitrogen and oxygen atoms in total. The Labute approximate surface area is 76.0 Å². The van der Waals surface area contributed by atoms with Gasteiger partial charge in [-0.05, 0) is 5.56 Å². The Kier molecular flexibility index (Phi) is 3.82. The second-order valence-electron chi connectivity index (χ2n) is 2.77. The van der Waals surface area contributed by atoms with Gasteiger partial charge in [-0.15, -0.1) is 9.60 Å². The molecule has 0 amide bonds. The average Bonchev–Trinajstić information content (AvgIpc) is 2.04. The van der Waals surface area contributed by atoms with Crippen LogP contribution in [0.5, 0.6) is 0 Å². The number of nitrogens with zero attached hydrogens (tertiary/aromatic N) is 1. The molecular weight excluding hydrogens is 173 g/mol. The predicted molar refractivity (Wildman–Crippen MR) is 46.2 cm³/mol. The smallest absolute Gasteiger partial charge is 0.167 e. The fourth-order valence-electron chi connectivity index (χ4n) is 1.02. The summed E-state index contributed by atoms with van der Waals surface area (Å²) in [5.41, 5.74) is 0.797. The highest BCUT2D eigenvalue weighted by Crippen LogP contribution is 2.04. The lowest BCUT2D eigenvalue weighted by Crippen LogP contribution is -2.25. The van der Waals surface area contributed by atoms with E-state index in [1.165, 1.54) is 0 Å². The topological polar surface area (TPSA) is 43.7 Å². The maximum absolute atomic E-state index is 12.9. The molecule has 0 heterocycles. The quantitative estimate of drug-likeness (QED) is 0.535. The highest BCUT2D eigenvalue weighted by Gasteiger charge is 2.07. The molecule has 4 heteroatoms. The van der Waals surface area contributed by atoms with Crippen LogP contribution >= 0.6 is 0 Å². The summed E-state index contributed by atoms with van der Waals surface area (Å²) in [6.07, 6.45) is -1.63. The normalized spacial score (nSPS) is 11.2. The molecule has 0 saturated carbocycles. The number of hydrogen-bond acceptors (Lipinski definition) is 3. The number of hydrogen-bond donors (Lipinski definition) is 2. The zero-order valence-corrected chi connectivity index (χ0v) is 7.10. The molecule has 0 atom stereocenters. The monoisotopic (exact) mass is 185 g/mol. The Bertz CT molecular complexity index is 241. The van der Waals surface area contributed by atoms with Crippen LogP contribution in [0, 0.1) is 0 Å². The van der Waals surface area contributed by atoms with E-state index in [0.29, 0.717) is 5.12 Å². The van der Waals surface area contributed by atoms with Gasteiger partial charge in [0.2, 0.25) is 0 Å². The fraction of sp³-hybridized carbons (Fsp3) is 0.333. The van der Waals surface area contributed by atoms with E-state index in [4.69, 9.17) is 10.2 Å². The summed E-state index contributed by atoms with van der Waals surface area (Å²) >= 11 is 0. The Morgan fingerprint density at radius 1 is 1.23 bits per heavy atom. The summed E-state index contributed by atoms with van der Waals surface area (Å²) in [5, 5.41) is 17.3. The van der Waals surface area contributed by atoms with Crippen molar-refractivity contribution in [3.8, 4) is 0 Å². The Morgan fingerprint density at radius 2 is 1.85 bits per heavy atom. The van der Waals surface area contributed by atoms with E-state index in [0.717, 1.165) is 5.56 Å². The number of benzene rings is 1. The molecule has 0 radical (unpaired) electrons. The lowest BCUT2D eigenvalue weighted by Gasteiger charge is -2.12. The third kappa shape index (κ3) is 3.98. The van der Waals surface area contributed by atoms with Gasteiger partial charge in [-0.3, -0.25) is 0 Å². The van der Waals surface area contributed by atoms with Crippen LogP contribution in [0.25, 0.3) is 0 Å². The molecule has 0 bridgehead atoms. The van der Waals surface area contributed by atoms with Gasteiger partial charge in [0.1, 0.15) is 0 Å². The van der Waals surface area contributed by atoms with Crippen molar-refractivity contribution in [2.24, 2.45) is 0 Å². The third-order valence-corrected chi connectivity index (χ3v) is 1.56. The molecule has 0 saturated heterocycles. The van der Waals surface area contributed by atoms with Gasteiger partial charge in [0.25, 0.3) is 0 Å². The first-order chi connectivity index (χ1) is 6.18. The van der Waals surface area contributed by atoms with Crippen molar-refractivity contribution in [2.45, 2.75) is 12.8 Å². The lowest BCUT2D eigenvalue weighted by molar-refractivity contribution is -0.110. The molecule has 0 spiro atoms. The van der Waals surface area contributed by atoms with Crippen molar-refractivity contribution in [2.75, 3.05) is 6.54 Å². The van der Waals surface area contributed by atoms with E-state index in [-0.39, 0.29) is 6.54 Å². The van der Waals surface area contributed by atoms with Crippen LogP contribution in [0.4, 0.5) is 4.48 Å². The van der Waals surface area contributed by atoms with E-state index in [1.54, 1.807) is 24.3 Å². The zero-order chi connectivity index (χ0) is 9.68. The molecule has 1 aromatic carbocycles. The molecular formula is C9H12FNO2. The molecule has 0 unspecified atom stereocenters. The number of rotatable bonds is 4. The summed E-state index contributed by atoms with van der Waals surface area (Å²) in [6, 6.07) is 9.00. The first-order valence-electron chi connectivity index (χ1n) is 3.99. The SMILES string of the molecule is OC(O)CN(F)Cc1ccccc1. The van der Waals surface area contributed by atoms with Crippen LogP contribution in [-0.4, -0.2) is 28.2 Å². The minimum Gasteiger partial charge on any atom is -0.367 e. The van der Waals surface area contributed by atoms with Gasteiger partial charge in [0.15, 0.2) is 6.29 Å². The van der Waals surface area contributed by atoms with Gasteiger partial charge in [0, 0.05) is 0 Å². The zero-order valence-electron chi connectivity index (χ0n) is 7.10. The van der Waals surface area contributed by atoms with Crippen LogP contribution in [0.1, 0.15) is 5.56 Å². The van der Waals surface area contributed by atoms with Crippen molar-refractivity contribution in [3.05, 3.63) is 35.9 Å². The molecule has 0 aliphatic heterocycles. The summed E-state index contributed by atoms with van der Waals surface area (Å²) < 4.78 is 12.9. The van der Waals surface area contributed by atoms with E-state index < -0.39 is 12.8 Å². The van der Waals surface area contributed by atoms with Crippen LogP contribution < -0.4 is 0 Å². The maximum atomic E-state index is 12.9. The van der Waals surface area contributed by atoms with Crippen LogP contribution in [0.15, 0.2) is 30.3 Å². The highest BCUT2D eigenvalue weighted by atomic mass is 19.2. The molecule has 0 aromatic heterocycles. The number of aliphatic hydroxyl groups is 2. The van der Waals surface area contributed by atoms with Gasteiger partial charge in [0.05, 0.1) is 13.1 Å². The third-order valence-electron chi connectivity index (χ3n) is 1.56. The summed E-state index contributed by atoms with van der Waals surface area (Å²) in [4.78, 5) is 0.